The van der Waals surface area contributed by atoms with Crippen LogP contribution in [0.5, 0.6) is 0 Å². The summed E-state index contributed by atoms with van der Waals surface area (Å²) in [4.78, 5) is 21.6. The van der Waals surface area contributed by atoms with Crippen LogP contribution in [0, 0.1) is 0 Å². The van der Waals surface area contributed by atoms with Crippen molar-refractivity contribution in [1.29, 1.82) is 0 Å². The molecule has 152 valence electrons. The van der Waals surface area contributed by atoms with E-state index in [1.807, 2.05) is 20.8 Å². The molecular weight excluding hydrogens is 354 g/mol. The molecule has 1 aliphatic rings. The van der Waals surface area contributed by atoms with Crippen LogP contribution < -0.4 is 5.32 Å². The summed E-state index contributed by atoms with van der Waals surface area (Å²) in [6.45, 7) is 14.9. The first-order chi connectivity index (χ1) is 12.5. The molecule has 0 radical (unpaired) electrons. The minimum absolute atomic E-state index is 0.318. The minimum atomic E-state index is -1.27. The number of rotatable bonds is 6. The molecule has 0 atom stereocenters. The number of nitrogens with one attached hydrogen (secondary N) is 1. The molecule has 4 nitrogen and oxygen atoms in total. The smallest absolute Gasteiger partial charge is 0.293 e. The Balaban J connectivity index is 0.000000445. The van der Waals surface area contributed by atoms with Crippen molar-refractivity contribution in [3.05, 3.63) is 35.4 Å². The first-order valence-electron chi connectivity index (χ1n) is 9.93. The zero-order valence-electron chi connectivity index (χ0n) is 17.9. The van der Waals surface area contributed by atoms with Gasteiger partial charge in [0.15, 0.2) is 0 Å². The summed E-state index contributed by atoms with van der Waals surface area (Å²) in [7, 11) is -1.27. The Morgan fingerprint density at radius 3 is 2.11 bits per heavy atom. The second kappa shape index (κ2) is 10.8. The summed E-state index contributed by atoms with van der Waals surface area (Å²) in [5, 5.41) is 3.40. The van der Waals surface area contributed by atoms with Crippen LogP contribution in [-0.4, -0.2) is 39.0 Å². The minimum Gasteiger partial charge on any atom is -0.462 e. The van der Waals surface area contributed by atoms with Crippen molar-refractivity contribution in [1.82, 2.24) is 5.32 Å². The summed E-state index contributed by atoms with van der Waals surface area (Å²) in [6, 6.07) is 9.56. The second-order valence-electron chi connectivity index (χ2n) is 9.55. The maximum absolute atomic E-state index is 12.0. The van der Waals surface area contributed by atoms with E-state index in [1.165, 1.54) is 24.0 Å². The number of benzene rings is 1. The highest BCUT2D eigenvalue weighted by atomic mass is 28.3. The van der Waals surface area contributed by atoms with Gasteiger partial charge in [0.1, 0.15) is 11.4 Å². The molecule has 1 aromatic rings. The zero-order valence-corrected chi connectivity index (χ0v) is 18.9. The van der Waals surface area contributed by atoms with E-state index in [1.54, 1.807) is 0 Å². The average Bonchev–Trinajstić information content (AvgIpc) is 2.54. The Bertz CT molecular complexity index is 579. The molecule has 0 aromatic heterocycles. The maximum Gasteiger partial charge on any atom is 0.293 e. The summed E-state index contributed by atoms with van der Waals surface area (Å²) in [5.74, 6) is 1.10. The van der Waals surface area contributed by atoms with Gasteiger partial charge in [0.05, 0.1) is 8.07 Å². The van der Waals surface area contributed by atoms with E-state index in [0.717, 1.165) is 19.1 Å². The van der Waals surface area contributed by atoms with Crippen LogP contribution in [0.3, 0.4) is 0 Å². The van der Waals surface area contributed by atoms with E-state index < -0.39 is 8.07 Å². The maximum atomic E-state index is 12.0. The molecule has 0 unspecified atom stereocenters. The van der Waals surface area contributed by atoms with Crippen molar-refractivity contribution in [2.45, 2.75) is 77.2 Å². The van der Waals surface area contributed by atoms with Gasteiger partial charge in [0, 0.05) is 12.5 Å². The standard InChI is InChI=1S/C17H27NOSi.C5H10O2/c1-20(2,3)13-17(19)12-14-4-6-15(7-5-14)16-8-10-18-11-9-16;1-5(2,3)7-4-6/h4-7,16,18H,8-13H2,1-3H3;4H,1-3H3. The lowest BCUT2D eigenvalue weighted by Crippen LogP contribution is -2.26. The molecule has 0 saturated carbocycles. The normalized spacial score (nSPS) is 15.5. The lowest BCUT2D eigenvalue weighted by Gasteiger charge is -2.23. The number of hydrogen-bond donors (Lipinski definition) is 1. The number of ether oxygens (including phenoxy) is 1. The Hall–Kier alpha value is -1.46. The molecule has 27 heavy (non-hydrogen) atoms. The quantitative estimate of drug-likeness (QED) is 0.570. The van der Waals surface area contributed by atoms with Crippen molar-refractivity contribution in [2.75, 3.05) is 13.1 Å². The Labute approximate surface area is 166 Å². The van der Waals surface area contributed by atoms with E-state index >= 15 is 0 Å². The van der Waals surface area contributed by atoms with E-state index in [-0.39, 0.29) is 5.60 Å². The largest absolute Gasteiger partial charge is 0.462 e. The number of carbonyl (C=O) groups is 2. The zero-order chi connectivity index (χ0) is 20.5. The molecule has 1 aliphatic heterocycles. The molecule has 1 heterocycles. The molecular formula is C22H37NO3Si. The van der Waals surface area contributed by atoms with Crippen LogP contribution in [0.4, 0.5) is 0 Å². The van der Waals surface area contributed by atoms with E-state index in [4.69, 9.17) is 0 Å². The predicted molar refractivity (Wildman–Crippen MR) is 115 cm³/mol. The van der Waals surface area contributed by atoms with Crippen LogP contribution in [-0.2, 0) is 20.7 Å². The van der Waals surface area contributed by atoms with E-state index in [9.17, 15) is 9.59 Å². The highest BCUT2D eigenvalue weighted by Crippen LogP contribution is 2.25. The predicted octanol–water partition coefficient (Wildman–Crippen LogP) is 4.56. The first-order valence-corrected chi connectivity index (χ1v) is 13.6. The third kappa shape index (κ3) is 11.1. The number of ketones is 1. The molecule has 2 rings (SSSR count). The molecule has 0 spiro atoms. The van der Waals surface area contributed by atoms with Gasteiger partial charge in [-0.1, -0.05) is 43.9 Å². The van der Waals surface area contributed by atoms with Gasteiger partial charge in [-0.3, -0.25) is 9.59 Å². The fraction of sp³-hybridized carbons (Fsp3) is 0.636. The van der Waals surface area contributed by atoms with Crippen molar-refractivity contribution in [3.63, 3.8) is 0 Å². The van der Waals surface area contributed by atoms with E-state index in [0.29, 0.717) is 24.6 Å². The summed E-state index contributed by atoms with van der Waals surface area (Å²) in [6.07, 6.45) is 3.07. The molecule has 1 saturated heterocycles. The molecule has 1 aromatic carbocycles. The number of piperidine rings is 1. The highest BCUT2D eigenvalue weighted by Gasteiger charge is 2.19. The Kier molecular flexibility index (Phi) is 9.40. The van der Waals surface area contributed by atoms with Gasteiger partial charge >= 0.3 is 0 Å². The lowest BCUT2D eigenvalue weighted by molar-refractivity contribution is -0.138. The van der Waals surface area contributed by atoms with Gasteiger partial charge < -0.3 is 10.1 Å². The van der Waals surface area contributed by atoms with Crippen LogP contribution in [0.1, 0.15) is 50.7 Å². The van der Waals surface area contributed by atoms with Gasteiger partial charge in [0.25, 0.3) is 6.47 Å². The van der Waals surface area contributed by atoms with Crippen LogP contribution in [0.15, 0.2) is 24.3 Å². The topological polar surface area (TPSA) is 55.4 Å². The Morgan fingerprint density at radius 1 is 1.15 bits per heavy atom. The van der Waals surface area contributed by atoms with Gasteiger partial charge in [-0.25, -0.2) is 0 Å². The molecule has 0 amide bonds. The third-order valence-electron chi connectivity index (χ3n) is 4.32. The van der Waals surface area contributed by atoms with Gasteiger partial charge in [-0.05, 0) is 63.7 Å². The van der Waals surface area contributed by atoms with Crippen molar-refractivity contribution in [2.24, 2.45) is 0 Å². The van der Waals surface area contributed by atoms with Crippen LogP contribution >= 0.6 is 0 Å². The third-order valence-corrected chi connectivity index (χ3v) is 5.78. The number of hydrogen-bond acceptors (Lipinski definition) is 4. The number of Topliss-reactive ketones (excluding diaryl/α,β-unsaturated/α-hetero) is 1. The fourth-order valence-electron chi connectivity index (χ4n) is 3.09. The number of carbonyl (C=O) groups excluding carboxylic acids is 2. The van der Waals surface area contributed by atoms with Crippen LogP contribution in [0.25, 0.3) is 0 Å². The second-order valence-corrected chi connectivity index (χ2v) is 15.0. The van der Waals surface area contributed by atoms with E-state index in [2.05, 4.69) is 54.0 Å². The fourth-order valence-corrected chi connectivity index (χ4v) is 4.40. The van der Waals surface area contributed by atoms with Gasteiger partial charge in [0.2, 0.25) is 0 Å². The Morgan fingerprint density at radius 2 is 1.70 bits per heavy atom. The highest BCUT2D eigenvalue weighted by molar-refractivity contribution is 6.78. The monoisotopic (exact) mass is 391 g/mol. The first kappa shape index (κ1) is 23.6. The van der Waals surface area contributed by atoms with Gasteiger partial charge in [-0.2, -0.15) is 0 Å². The summed E-state index contributed by atoms with van der Waals surface area (Å²) < 4.78 is 4.55. The summed E-state index contributed by atoms with van der Waals surface area (Å²) >= 11 is 0. The lowest BCUT2D eigenvalue weighted by atomic mass is 9.89. The average molecular weight is 392 g/mol. The van der Waals surface area contributed by atoms with Crippen LogP contribution in [0.2, 0.25) is 25.7 Å². The SMILES string of the molecule is CC(C)(C)OC=O.C[Si](C)(C)CC(=O)Cc1ccc(C2CCNCC2)cc1. The van der Waals surface area contributed by atoms with Crippen molar-refractivity contribution in [3.8, 4) is 0 Å². The van der Waals surface area contributed by atoms with Crippen molar-refractivity contribution < 1.29 is 14.3 Å². The molecule has 5 heteroatoms. The molecule has 1 N–H and O–H groups in total. The molecule has 0 bridgehead atoms. The van der Waals surface area contributed by atoms with Crippen molar-refractivity contribution >= 4 is 20.3 Å². The summed E-state index contributed by atoms with van der Waals surface area (Å²) in [5.41, 5.74) is 2.29. The molecule has 0 aliphatic carbocycles. The molecule has 1 fully saturated rings. The van der Waals surface area contributed by atoms with Gasteiger partial charge in [-0.15, -0.1) is 0 Å².